The van der Waals surface area contributed by atoms with E-state index in [1.165, 1.54) is 6.92 Å². The smallest absolute Gasteiger partial charge is 0.325 e. The number of amides is 3. The van der Waals surface area contributed by atoms with E-state index in [1.807, 2.05) is 0 Å². The van der Waals surface area contributed by atoms with E-state index in [1.54, 1.807) is 0 Å². The van der Waals surface area contributed by atoms with Crippen molar-refractivity contribution in [1.29, 1.82) is 0 Å². The minimum Gasteiger partial charge on any atom is -0.480 e. The monoisotopic (exact) mass is 284 g/mol. The number of nitrogens with zero attached hydrogens (tertiary/aromatic N) is 1. The summed E-state index contributed by atoms with van der Waals surface area (Å²) in [6, 6.07) is 1.87. The number of benzene rings is 1. The zero-order chi connectivity index (χ0) is 15.1. The zero-order valence-corrected chi connectivity index (χ0v) is 10.3. The average Bonchev–Trinajstić information content (AvgIpc) is 2.57. The van der Waals surface area contributed by atoms with Crippen LogP contribution in [0.3, 0.4) is 0 Å². The number of imide groups is 1. The molecule has 0 unspecified atom stereocenters. The number of urea groups is 1. The van der Waals surface area contributed by atoms with Gasteiger partial charge in [0.1, 0.15) is 12.1 Å². The lowest BCUT2D eigenvalue weighted by atomic mass is 9.92. The van der Waals surface area contributed by atoms with E-state index < -0.39 is 41.6 Å². The molecule has 8 heteroatoms. The number of carboxylic acids is 1. The van der Waals surface area contributed by atoms with Crippen molar-refractivity contribution in [2.24, 2.45) is 0 Å². The van der Waals surface area contributed by atoms with Crippen molar-refractivity contribution in [2.45, 2.75) is 12.5 Å². The third kappa shape index (κ3) is 2.09. The fourth-order valence-electron chi connectivity index (χ4n) is 1.98. The van der Waals surface area contributed by atoms with Gasteiger partial charge in [0.05, 0.1) is 0 Å². The largest absolute Gasteiger partial charge is 0.480 e. The number of aliphatic carboxylic acids is 1. The van der Waals surface area contributed by atoms with Crippen LogP contribution >= 0.6 is 0 Å². The molecule has 1 aliphatic heterocycles. The maximum absolute atomic E-state index is 13.2. The van der Waals surface area contributed by atoms with Crippen molar-refractivity contribution in [3.8, 4) is 0 Å². The molecule has 0 aliphatic carbocycles. The Labute approximate surface area is 112 Å². The number of carboxylic acid groups (broad SMARTS) is 1. The van der Waals surface area contributed by atoms with Crippen molar-refractivity contribution in [2.75, 3.05) is 6.54 Å². The third-order valence-electron chi connectivity index (χ3n) is 3.07. The van der Waals surface area contributed by atoms with Crippen molar-refractivity contribution in [3.05, 3.63) is 35.4 Å². The van der Waals surface area contributed by atoms with Gasteiger partial charge in [-0.2, -0.15) is 0 Å². The topological polar surface area (TPSA) is 86.7 Å². The van der Waals surface area contributed by atoms with E-state index in [0.717, 1.165) is 18.2 Å². The number of nitrogens with one attached hydrogen (secondary N) is 1. The molecule has 1 heterocycles. The van der Waals surface area contributed by atoms with Gasteiger partial charge in [-0.25, -0.2) is 13.6 Å². The quantitative estimate of drug-likeness (QED) is 0.804. The van der Waals surface area contributed by atoms with Crippen LogP contribution in [0.15, 0.2) is 18.2 Å². The van der Waals surface area contributed by atoms with Gasteiger partial charge in [-0.05, 0) is 24.6 Å². The van der Waals surface area contributed by atoms with Gasteiger partial charge in [-0.15, -0.1) is 0 Å². The summed E-state index contributed by atoms with van der Waals surface area (Å²) >= 11 is 0. The maximum Gasteiger partial charge on any atom is 0.325 e. The lowest BCUT2D eigenvalue weighted by molar-refractivity contribution is -0.142. The van der Waals surface area contributed by atoms with Crippen molar-refractivity contribution >= 4 is 17.9 Å². The van der Waals surface area contributed by atoms with Gasteiger partial charge in [-0.3, -0.25) is 14.5 Å². The Morgan fingerprint density at radius 3 is 2.55 bits per heavy atom. The van der Waals surface area contributed by atoms with Crippen LogP contribution in [0.1, 0.15) is 12.5 Å². The summed E-state index contributed by atoms with van der Waals surface area (Å²) in [5, 5.41) is 10.9. The second-order valence-corrected chi connectivity index (χ2v) is 4.47. The Hall–Kier alpha value is -2.51. The van der Waals surface area contributed by atoms with Gasteiger partial charge in [0.15, 0.2) is 11.6 Å². The Morgan fingerprint density at radius 2 is 2.00 bits per heavy atom. The fraction of sp³-hybridized carbons (Fsp3) is 0.250. The van der Waals surface area contributed by atoms with Crippen LogP contribution in [0.4, 0.5) is 13.6 Å². The first kappa shape index (κ1) is 13.9. The lowest BCUT2D eigenvalue weighted by Gasteiger charge is -2.22. The summed E-state index contributed by atoms with van der Waals surface area (Å²) in [5.74, 6) is -4.45. The van der Waals surface area contributed by atoms with E-state index in [2.05, 4.69) is 5.32 Å². The van der Waals surface area contributed by atoms with Crippen LogP contribution in [0.25, 0.3) is 0 Å². The van der Waals surface area contributed by atoms with Crippen LogP contribution in [-0.2, 0) is 15.1 Å². The Morgan fingerprint density at radius 1 is 1.35 bits per heavy atom. The van der Waals surface area contributed by atoms with Crippen molar-refractivity contribution < 1.29 is 28.3 Å². The summed E-state index contributed by atoms with van der Waals surface area (Å²) in [4.78, 5) is 34.9. The summed E-state index contributed by atoms with van der Waals surface area (Å²) in [6.45, 7) is 0.492. The van der Waals surface area contributed by atoms with E-state index in [0.29, 0.717) is 4.90 Å². The van der Waals surface area contributed by atoms with E-state index in [4.69, 9.17) is 5.11 Å². The lowest BCUT2D eigenvalue weighted by Crippen LogP contribution is -2.41. The SMILES string of the molecule is C[C@]1(c2ccc(F)c(F)c2)NC(=O)N(CC(=O)O)C1=O. The van der Waals surface area contributed by atoms with Gasteiger partial charge in [0.25, 0.3) is 5.91 Å². The van der Waals surface area contributed by atoms with Crippen LogP contribution in [0.2, 0.25) is 0 Å². The molecule has 0 bridgehead atoms. The molecule has 1 atom stereocenters. The normalized spacial score (nSPS) is 22.1. The van der Waals surface area contributed by atoms with Crippen LogP contribution in [0.5, 0.6) is 0 Å². The highest BCUT2D eigenvalue weighted by Gasteiger charge is 2.49. The molecule has 0 saturated carbocycles. The van der Waals surface area contributed by atoms with Crippen molar-refractivity contribution in [1.82, 2.24) is 10.2 Å². The molecule has 2 N–H and O–H groups in total. The molecule has 6 nitrogen and oxygen atoms in total. The van der Waals surface area contributed by atoms with Crippen LogP contribution < -0.4 is 5.32 Å². The fourth-order valence-corrected chi connectivity index (χ4v) is 1.98. The molecule has 1 aromatic carbocycles. The summed E-state index contributed by atoms with van der Waals surface area (Å²) in [5.41, 5.74) is -1.59. The van der Waals surface area contributed by atoms with Crippen LogP contribution in [-0.4, -0.2) is 34.5 Å². The highest BCUT2D eigenvalue weighted by molar-refractivity contribution is 6.08. The predicted octanol–water partition coefficient (Wildman–Crippen LogP) is 0.816. The first-order valence-electron chi connectivity index (χ1n) is 5.57. The molecule has 1 aromatic rings. The molecule has 20 heavy (non-hydrogen) atoms. The van der Waals surface area contributed by atoms with E-state index >= 15 is 0 Å². The molecule has 106 valence electrons. The zero-order valence-electron chi connectivity index (χ0n) is 10.3. The molecule has 1 fully saturated rings. The van der Waals surface area contributed by atoms with E-state index in [-0.39, 0.29) is 5.56 Å². The minimum atomic E-state index is -1.62. The van der Waals surface area contributed by atoms with Gasteiger partial charge in [-0.1, -0.05) is 6.07 Å². The number of hydrogen-bond donors (Lipinski definition) is 2. The molecular formula is C12H10F2N2O4. The first-order valence-corrected chi connectivity index (χ1v) is 5.57. The molecule has 0 radical (unpaired) electrons. The van der Waals surface area contributed by atoms with E-state index in [9.17, 15) is 23.2 Å². The molecular weight excluding hydrogens is 274 g/mol. The van der Waals surface area contributed by atoms with Crippen molar-refractivity contribution in [3.63, 3.8) is 0 Å². The summed E-state index contributed by atoms with van der Waals surface area (Å²) in [7, 11) is 0. The Kier molecular flexibility index (Phi) is 3.16. The predicted molar refractivity (Wildman–Crippen MR) is 61.6 cm³/mol. The number of halogens is 2. The standard InChI is InChI=1S/C12H10F2N2O4/c1-12(6-2-3-7(13)8(14)4-6)10(19)16(5-9(17)18)11(20)15-12/h2-4H,5H2,1H3,(H,15,20)(H,17,18)/t12-/m1/s1. The molecule has 0 aromatic heterocycles. The first-order chi connectivity index (χ1) is 9.25. The number of carbonyl (C=O) groups is 3. The molecule has 2 rings (SSSR count). The molecule has 3 amide bonds. The number of hydrogen-bond acceptors (Lipinski definition) is 3. The van der Waals surface area contributed by atoms with Gasteiger partial charge >= 0.3 is 12.0 Å². The van der Waals surface area contributed by atoms with Gasteiger partial charge in [0, 0.05) is 0 Å². The van der Waals surface area contributed by atoms with Gasteiger partial charge in [0.2, 0.25) is 0 Å². The molecule has 1 saturated heterocycles. The minimum absolute atomic E-state index is 0.0302. The highest BCUT2D eigenvalue weighted by Crippen LogP contribution is 2.29. The third-order valence-corrected chi connectivity index (χ3v) is 3.07. The number of carbonyl (C=O) groups excluding carboxylic acids is 2. The summed E-state index contributed by atoms with van der Waals surface area (Å²) < 4.78 is 26.1. The Balaban J connectivity index is 2.40. The summed E-state index contributed by atoms with van der Waals surface area (Å²) in [6.07, 6.45) is 0. The second-order valence-electron chi connectivity index (χ2n) is 4.47. The maximum atomic E-state index is 13.2. The second kappa shape index (κ2) is 4.55. The van der Waals surface area contributed by atoms with Gasteiger partial charge < -0.3 is 10.4 Å². The van der Waals surface area contributed by atoms with Crippen LogP contribution in [0, 0.1) is 11.6 Å². The number of rotatable bonds is 3. The average molecular weight is 284 g/mol. The molecule has 1 aliphatic rings. The highest BCUT2D eigenvalue weighted by atomic mass is 19.2. The Bertz CT molecular complexity index is 619. The molecule has 0 spiro atoms.